The van der Waals surface area contributed by atoms with E-state index in [0.29, 0.717) is 5.75 Å². The Bertz CT molecular complexity index is 697. The third-order valence-corrected chi connectivity index (χ3v) is 2.69. The van der Waals surface area contributed by atoms with Crippen LogP contribution in [0.4, 0.5) is 0 Å². The molecule has 88 valence electrons. The van der Waals surface area contributed by atoms with Gasteiger partial charge in [-0.3, -0.25) is 9.97 Å². The minimum Gasteiger partial charge on any atom is -0.495 e. The Morgan fingerprint density at radius 2 is 1.83 bits per heavy atom. The van der Waals surface area contributed by atoms with Crippen molar-refractivity contribution in [2.75, 3.05) is 7.11 Å². The third kappa shape index (κ3) is 1.88. The first-order valence-corrected chi connectivity index (χ1v) is 5.58. The van der Waals surface area contributed by atoms with Gasteiger partial charge in [-0.2, -0.15) is 0 Å². The van der Waals surface area contributed by atoms with Crippen molar-refractivity contribution >= 4 is 11.0 Å². The molecule has 18 heavy (non-hydrogen) atoms. The molecule has 3 aromatic rings. The van der Waals surface area contributed by atoms with Gasteiger partial charge in [-0.1, -0.05) is 12.1 Å². The molecule has 0 saturated heterocycles. The van der Waals surface area contributed by atoms with Gasteiger partial charge in [0, 0.05) is 11.8 Å². The second-order valence-electron chi connectivity index (χ2n) is 3.86. The Morgan fingerprint density at radius 1 is 1.00 bits per heavy atom. The van der Waals surface area contributed by atoms with Crippen molar-refractivity contribution in [2.45, 2.75) is 0 Å². The molecule has 0 N–H and O–H groups in total. The van der Waals surface area contributed by atoms with Gasteiger partial charge in [0.05, 0.1) is 36.2 Å². The quantitative estimate of drug-likeness (QED) is 0.687. The molecule has 3 rings (SSSR count). The number of methoxy groups -OCH3 is 1. The predicted molar refractivity (Wildman–Crippen MR) is 69.3 cm³/mol. The lowest BCUT2D eigenvalue weighted by atomic mass is 10.2. The van der Waals surface area contributed by atoms with Gasteiger partial charge in [0.2, 0.25) is 0 Å². The first-order chi connectivity index (χ1) is 8.86. The van der Waals surface area contributed by atoms with Gasteiger partial charge in [-0.05, 0) is 18.2 Å². The average molecular weight is 237 g/mol. The highest BCUT2D eigenvalue weighted by molar-refractivity contribution is 5.76. The average Bonchev–Trinajstić information content (AvgIpc) is 2.47. The Morgan fingerprint density at radius 3 is 2.67 bits per heavy atom. The van der Waals surface area contributed by atoms with Gasteiger partial charge in [0.15, 0.2) is 0 Å². The maximum Gasteiger partial charge on any atom is 0.137 e. The molecule has 4 nitrogen and oxygen atoms in total. The van der Waals surface area contributed by atoms with Crippen LogP contribution in [-0.2, 0) is 0 Å². The first-order valence-electron chi connectivity index (χ1n) is 5.58. The molecule has 0 amide bonds. The van der Waals surface area contributed by atoms with E-state index in [4.69, 9.17) is 4.74 Å². The second kappa shape index (κ2) is 4.41. The lowest BCUT2D eigenvalue weighted by molar-refractivity contribution is 0.413. The van der Waals surface area contributed by atoms with Gasteiger partial charge in [0.25, 0.3) is 0 Å². The normalized spacial score (nSPS) is 10.5. The second-order valence-corrected chi connectivity index (χ2v) is 3.86. The van der Waals surface area contributed by atoms with Crippen LogP contribution < -0.4 is 4.74 Å². The van der Waals surface area contributed by atoms with Gasteiger partial charge < -0.3 is 4.74 Å². The van der Waals surface area contributed by atoms with Gasteiger partial charge in [0.1, 0.15) is 5.75 Å². The van der Waals surface area contributed by atoms with Crippen LogP contribution >= 0.6 is 0 Å². The summed E-state index contributed by atoms with van der Waals surface area (Å²) in [6, 6.07) is 9.68. The summed E-state index contributed by atoms with van der Waals surface area (Å²) in [5.74, 6) is 0.711. The fraction of sp³-hybridized carbons (Fsp3) is 0.0714. The summed E-state index contributed by atoms with van der Waals surface area (Å²) in [5.41, 5.74) is 3.45. The van der Waals surface area contributed by atoms with Crippen molar-refractivity contribution in [2.24, 2.45) is 0 Å². The fourth-order valence-electron chi connectivity index (χ4n) is 1.77. The van der Waals surface area contributed by atoms with E-state index in [-0.39, 0.29) is 0 Å². The minimum atomic E-state index is 0.711. The molecule has 0 fully saturated rings. The molecule has 0 saturated carbocycles. The number of fused-ring (bicyclic) bond motifs is 1. The third-order valence-electron chi connectivity index (χ3n) is 2.69. The number of rotatable bonds is 2. The SMILES string of the molecule is COc1cncc(-c2cnc3ccccc3n2)c1. The Labute approximate surface area is 104 Å². The van der Waals surface area contributed by atoms with Crippen LogP contribution in [0, 0.1) is 0 Å². The van der Waals surface area contributed by atoms with E-state index in [1.54, 1.807) is 25.7 Å². The van der Waals surface area contributed by atoms with E-state index in [0.717, 1.165) is 22.3 Å². The fourth-order valence-corrected chi connectivity index (χ4v) is 1.77. The molecule has 2 aromatic heterocycles. The van der Waals surface area contributed by atoms with Crippen molar-refractivity contribution in [3.05, 3.63) is 48.9 Å². The Balaban J connectivity index is 2.13. The molecule has 0 aliphatic heterocycles. The molecule has 0 radical (unpaired) electrons. The van der Waals surface area contributed by atoms with Crippen LogP contribution in [0.1, 0.15) is 0 Å². The Kier molecular flexibility index (Phi) is 2.61. The zero-order valence-corrected chi connectivity index (χ0v) is 9.87. The molecule has 0 unspecified atom stereocenters. The standard InChI is InChI=1S/C14H11N3O/c1-18-11-6-10(7-15-8-11)14-9-16-12-4-2-3-5-13(12)17-14/h2-9H,1H3. The minimum absolute atomic E-state index is 0.711. The number of pyridine rings is 1. The molecule has 0 bridgehead atoms. The summed E-state index contributed by atoms with van der Waals surface area (Å²) in [6.45, 7) is 0. The van der Waals surface area contributed by atoms with Crippen LogP contribution in [-0.4, -0.2) is 22.1 Å². The number of ether oxygens (including phenoxy) is 1. The van der Waals surface area contributed by atoms with E-state index in [1.165, 1.54) is 0 Å². The lowest BCUT2D eigenvalue weighted by Gasteiger charge is -2.04. The molecule has 0 aliphatic carbocycles. The zero-order valence-electron chi connectivity index (χ0n) is 9.87. The molecule has 2 heterocycles. The highest BCUT2D eigenvalue weighted by atomic mass is 16.5. The van der Waals surface area contributed by atoms with Crippen LogP contribution in [0.25, 0.3) is 22.3 Å². The number of aromatic nitrogens is 3. The van der Waals surface area contributed by atoms with Crippen LogP contribution in [0.3, 0.4) is 0 Å². The van der Waals surface area contributed by atoms with Crippen molar-refractivity contribution < 1.29 is 4.74 Å². The van der Waals surface area contributed by atoms with Crippen LogP contribution in [0.15, 0.2) is 48.9 Å². The molecule has 1 aromatic carbocycles. The number of nitrogens with zero attached hydrogens (tertiary/aromatic N) is 3. The van der Waals surface area contributed by atoms with Gasteiger partial charge in [-0.25, -0.2) is 4.98 Å². The molecule has 0 atom stereocenters. The number of hydrogen-bond donors (Lipinski definition) is 0. The number of benzene rings is 1. The maximum atomic E-state index is 5.15. The van der Waals surface area contributed by atoms with Crippen molar-refractivity contribution in [1.82, 2.24) is 15.0 Å². The number of hydrogen-bond acceptors (Lipinski definition) is 4. The molecule has 0 spiro atoms. The van der Waals surface area contributed by atoms with Gasteiger partial charge in [-0.15, -0.1) is 0 Å². The summed E-state index contributed by atoms with van der Waals surface area (Å²) < 4.78 is 5.15. The molecular formula is C14H11N3O. The van der Waals surface area contributed by atoms with Crippen molar-refractivity contribution in [3.8, 4) is 17.0 Å². The topological polar surface area (TPSA) is 47.9 Å². The highest BCUT2D eigenvalue weighted by Crippen LogP contribution is 2.21. The highest BCUT2D eigenvalue weighted by Gasteiger charge is 2.04. The van der Waals surface area contributed by atoms with Gasteiger partial charge >= 0.3 is 0 Å². The largest absolute Gasteiger partial charge is 0.495 e. The van der Waals surface area contributed by atoms with E-state index >= 15 is 0 Å². The van der Waals surface area contributed by atoms with Crippen molar-refractivity contribution in [3.63, 3.8) is 0 Å². The summed E-state index contributed by atoms with van der Waals surface area (Å²) >= 11 is 0. The smallest absolute Gasteiger partial charge is 0.137 e. The summed E-state index contributed by atoms with van der Waals surface area (Å²) in [6.07, 6.45) is 5.16. The molecule has 4 heteroatoms. The predicted octanol–water partition coefficient (Wildman–Crippen LogP) is 2.70. The lowest BCUT2D eigenvalue weighted by Crippen LogP contribution is -1.90. The summed E-state index contributed by atoms with van der Waals surface area (Å²) in [5, 5.41) is 0. The molecular weight excluding hydrogens is 226 g/mol. The van der Waals surface area contributed by atoms with Crippen molar-refractivity contribution in [1.29, 1.82) is 0 Å². The molecule has 0 aliphatic rings. The van der Waals surface area contributed by atoms with E-state index in [9.17, 15) is 0 Å². The number of para-hydroxylation sites is 2. The van der Waals surface area contributed by atoms with E-state index in [1.807, 2.05) is 30.3 Å². The van der Waals surface area contributed by atoms with Crippen LogP contribution in [0.2, 0.25) is 0 Å². The van der Waals surface area contributed by atoms with Crippen LogP contribution in [0.5, 0.6) is 5.75 Å². The monoisotopic (exact) mass is 237 g/mol. The summed E-state index contributed by atoms with van der Waals surface area (Å²) in [4.78, 5) is 13.1. The first kappa shape index (κ1) is 10.7. The summed E-state index contributed by atoms with van der Waals surface area (Å²) in [7, 11) is 1.62. The maximum absolute atomic E-state index is 5.15. The van der Waals surface area contributed by atoms with E-state index < -0.39 is 0 Å². The zero-order chi connectivity index (χ0) is 12.4. The Hall–Kier alpha value is -2.49. The van der Waals surface area contributed by atoms with E-state index in [2.05, 4.69) is 15.0 Å².